The van der Waals surface area contributed by atoms with Crippen LogP contribution in [0.3, 0.4) is 0 Å². The van der Waals surface area contributed by atoms with Gasteiger partial charge < -0.3 is 19.1 Å². The molecule has 50 heavy (non-hydrogen) atoms. The molecule has 2 aromatic heterocycles. The lowest BCUT2D eigenvalue weighted by Gasteiger charge is -2.22. The highest BCUT2D eigenvalue weighted by Crippen LogP contribution is 2.39. The van der Waals surface area contributed by atoms with Crippen molar-refractivity contribution >= 4 is 71.3 Å². The first-order valence-electron chi connectivity index (χ1n) is 17.6. The summed E-state index contributed by atoms with van der Waals surface area (Å²) in [7, 11) is 0. The summed E-state index contributed by atoms with van der Waals surface area (Å²) in [6.07, 6.45) is 9.97. The summed E-state index contributed by atoms with van der Waals surface area (Å²) in [5.41, 5.74) is 2.52. The summed E-state index contributed by atoms with van der Waals surface area (Å²) in [6, 6.07) is 17.5. The number of fused-ring (bicyclic) bond motifs is 1. The van der Waals surface area contributed by atoms with Crippen LogP contribution >= 0.6 is 22.7 Å². The maximum absolute atomic E-state index is 11.4. The highest BCUT2D eigenvalue weighted by atomic mass is 32.1. The van der Waals surface area contributed by atoms with E-state index in [2.05, 4.69) is 37.3 Å². The van der Waals surface area contributed by atoms with Crippen LogP contribution in [0.25, 0.3) is 9.53 Å². The molecule has 268 valence electrons. The number of rotatable bonds is 23. The summed E-state index contributed by atoms with van der Waals surface area (Å²) in [4.78, 5) is 30.1. The number of hydrogen-bond donors (Lipinski definition) is 0. The standard InChI is InChI=1S/C37H48N6O5S2/c1-4-34(44)47-25-14-12-10-8-7-9-11-13-24-46-31-21-17-29(18-22-31)39-41-33-27-32-36(50-33)38-37(49-32)42-40-28-15-19-30(20-16-28)43(6-3)23-26-48-35(45)5-2/h15-22,27H,4-14,23-26H2,1-3H3. The van der Waals surface area contributed by atoms with Crippen molar-refractivity contribution in [2.45, 2.75) is 85.0 Å². The van der Waals surface area contributed by atoms with E-state index in [0.29, 0.717) is 44.3 Å². The zero-order valence-corrected chi connectivity index (χ0v) is 31.0. The van der Waals surface area contributed by atoms with Gasteiger partial charge in [0.05, 0.1) is 35.8 Å². The Balaban J connectivity index is 1.13. The maximum Gasteiger partial charge on any atom is 0.305 e. The number of carbonyl (C=O) groups excluding carboxylic acids is 2. The van der Waals surface area contributed by atoms with Crippen molar-refractivity contribution in [1.29, 1.82) is 0 Å². The van der Waals surface area contributed by atoms with Crippen LogP contribution in [0.2, 0.25) is 0 Å². The number of benzene rings is 2. The third-order valence-electron chi connectivity index (χ3n) is 7.79. The zero-order chi connectivity index (χ0) is 35.4. The summed E-state index contributed by atoms with van der Waals surface area (Å²) in [5, 5.41) is 18.9. The normalized spacial score (nSPS) is 11.5. The third kappa shape index (κ3) is 13.6. The number of hydrogen-bond acceptors (Lipinski definition) is 13. The predicted molar refractivity (Wildman–Crippen MR) is 202 cm³/mol. The van der Waals surface area contributed by atoms with E-state index in [9.17, 15) is 9.59 Å². The number of thiophene rings is 1. The average Bonchev–Trinajstić information content (AvgIpc) is 3.71. The molecule has 0 spiro atoms. The molecule has 0 aliphatic rings. The van der Waals surface area contributed by atoms with Crippen LogP contribution in [0.5, 0.6) is 5.75 Å². The molecule has 0 radical (unpaired) electrons. The Hall–Kier alpha value is -4.23. The molecule has 11 nitrogen and oxygen atoms in total. The van der Waals surface area contributed by atoms with E-state index in [0.717, 1.165) is 69.6 Å². The van der Waals surface area contributed by atoms with E-state index in [1.807, 2.05) is 61.5 Å². The number of azo groups is 2. The van der Waals surface area contributed by atoms with Crippen LogP contribution < -0.4 is 9.64 Å². The number of anilines is 1. The molecule has 13 heteroatoms. The number of aromatic nitrogens is 1. The van der Waals surface area contributed by atoms with Gasteiger partial charge in [0.25, 0.3) is 0 Å². The number of ether oxygens (including phenoxy) is 3. The minimum atomic E-state index is -0.185. The number of thiazole rings is 1. The van der Waals surface area contributed by atoms with Crippen molar-refractivity contribution in [1.82, 2.24) is 4.98 Å². The number of likely N-dealkylation sites (N-methyl/N-ethyl adjacent to an activating group) is 1. The smallest absolute Gasteiger partial charge is 0.305 e. The molecule has 0 bridgehead atoms. The first-order valence-corrected chi connectivity index (χ1v) is 19.2. The Kier molecular flexibility index (Phi) is 16.8. The minimum Gasteiger partial charge on any atom is -0.494 e. The maximum atomic E-state index is 11.4. The molecule has 0 aliphatic heterocycles. The van der Waals surface area contributed by atoms with Crippen molar-refractivity contribution in [2.75, 3.05) is 37.8 Å². The molecule has 0 unspecified atom stereocenters. The second-order valence-corrected chi connectivity index (χ2v) is 13.6. The van der Waals surface area contributed by atoms with Gasteiger partial charge in [0.2, 0.25) is 5.13 Å². The molecule has 2 aromatic carbocycles. The number of nitrogens with zero attached hydrogens (tertiary/aromatic N) is 6. The van der Waals surface area contributed by atoms with Crippen molar-refractivity contribution < 1.29 is 23.8 Å². The molecule has 0 fully saturated rings. The molecule has 0 aliphatic carbocycles. The first kappa shape index (κ1) is 38.6. The fraction of sp³-hybridized carbons (Fsp3) is 0.486. The van der Waals surface area contributed by atoms with Gasteiger partial charge in [-0.3, -0.25) is 9.59 Å². The quantitative estimate of drug-likeness (QED) is 0.0424. The van der Waals surface area contributed by atoms with E-state index in [4.69, 9.17) is 14.2 Å². The van der Waals surface area contributed by atoms with E-state index in [-0.39, 0.29) is 11.9 Å². The second kappa shape index (κ2) is 21.8. The van der Waals surface area contributed by atoms with Crippen LogP contribution in [-0.4, -0.2) is 49.8 Å². The van der Waals surface area contributed by atoms with Crippen LogP contribution in [0.4, 0.5) is 27.2 Å². The van der Waals surface area contributed by atoms with Crippen molar-refractivity contribution in [3.8, 4) is 5.75 Å². The van der Waals surface area contributed by atoms with E-state index >= 15 is 0 Å². The van der Waals surface area contributed by atoms with Gasteiger partial charge in [-0.25, -0.2) is 4.98 Å². The largest absolute Gasteiger partial charge is 0.494 e. The molecular weight excluding hydrogens is 673 g/mol. The fourth-order valence-electron chi connectivity index (χ4n) is 4.93. The number of esters is 2. The SMILES string of the molecule is CCC(=O)OCCCCCCCCCCOc1ccc(N=Nc2cc3sc(N=Nc4ccc(N(CC)CCOC(=O)CC)cc4)nc3s2)cc1. The van der Waals surface area contributed by atoms with Crippen molar-refractivity contribution in [2.24, 2.45) is 20.5 Å². The molecule has 4 rings (SSSR count). The minimum absolute atomic E-state index is 0.108. The average molecular weight is 721 g/mol. The monoisotopic (exact) mass is 720 g/mol. The molecule has 0 saturated heterocycles. The van der Waals surface area contributed by atoms with Gasteiger partial charge in [0, 0.05) is 25.1 Å². The lowest BCUT2D eigenvalue weighted by Crippen LogP contribution is -2.27. The Morgan fingerprint density at radius 2 is 1.26 bits per heavy atom. The Bertz CT molecular complexity index is 1620. The summed E-state index contributed by atoms with van der Waals surface area (Å²) >= 11 is 2.93. The molecule has 2 heterocycles. The van der Waals surface area contributed by atoms with Crippen molar-refractivity contribution in [3.63, 3.8) is 0 Å². The molecule has 0 saturated carbocycles. The Morgan fingerprint density at radius 3 is 1.88 bits per heavy atom. The highest BCUT2D eigenvalue weighted by molar-refractivity contribution is 7.30. The van der Waals surface area contributed by atoms with Crippen LogP contribution in [0, 0.1) is 0 Å². The van der Waals surface area contributed by atoms with Crippen LogP contribution in [-0.2, 0) is 19.1 Å². The zero-order valence-electron chi connectivity index (χ0n) is 29.3. The Morgan fingerprint density at radius 1 is 0.680 bits per heavy atom. The van der Waals surface area contributed by atoms with Gasteiger partial charge in [-0.05, 0) is 74.4 Å². The number of carbonyl (C=O) groups is 2. The summed E-state index contributed by atoms with van der Waals surface area (Å²) in [6.45, 7) is 8.73. The predicted octanol–water partition coefficient (Wildman–Crippen LogP) is 11.4. The van der Waals surface area contributed by atoms with Crippen molar-refractivity contribution in [3.05, 3.63) is 54.6 Å². The van der Waals surface area contributed by atoms with Crippen LogP contribution in [0.15, 0.2) is 75.1 Å². The summed E-state index contributed by atoms with van der Waals surface area (Å²) in [5.74, 6) is 0.541. The highest BCUT2D eigenvalue weighted by Gasteiger charge is 2.09. The molecule has 0 N–H and O–H groups in total. The topological polar surface area (TPSA) is 127 Å². The van der Waals surface area contributed by atoms with Gasteiger partial charge in [-0.2, -0.15) is 0 Å². The van der Waals surface area contributed by atoms with E-state index in [1.54, 1.807) is 6.92 Å². The van der Waals surface area contributed by atoms with E-state index < -0.39 is 0 Å². The van der Waals surface area contributed by atoms with Gasteiger partial charge in [-0.15, -0.1) is 20.5 Å². The second-order valence-electron chi connectivity index (χ2n) is 11.6. The molecular formula is C37H48N6O5S2. The molecule has 0 atom stereocenters. The number of unbranched alkanes of at least 4 members (excludes halogenated alkanes) is 7. The van der Waals surface area contributed by atoms with Gasteiger partial charge >= 0.3 is 11.9 Å². The molecule has 0 amide bonds. The lowest BCUT2D eigenvalue weighted by molar-refractivity contribution is -0.144. The van der Waals surface area contributed by atoms with E-state index in [1.165, 1.54) is 48.4 Å². The van der Waals surface area contributed by atoms with Crippen LogP contribution in [0.1, 0.15) is 85.0 Å². The molecule has 4 aromatic rings. The summed E-state index contributed by atoms with van der Waals surface area (Å²) < 4.78 is 17.2. The Labute approximate surface area is 302 Å². The third-order valence-corrected chi connectivity index (χ3v) is 9.71. The van der Waals surface area contributed by atoms with Gasteiger partial charge in [0.1, 0.15) is 22.2 Å². The van der Waals surface area contributed by atoms with Gasteiger partial charge in [0.15, 0.2) is 0 Å². The first-order chi connectivity index (χ1) is 24.5. The van der Waals surface area contributed by atoms with Gasteiger partial charge in [-0.1, -0.05) is 75.0 Å². The fourth-order valence-corrected chi connectivity index (χ4v) is 6.78. The lowest BCUT2D eigenvalue weighted by atomic mass is 10.1.